The number of benzene rings is 1. The monoisotopic (exact) mass is 352 g/mol. The van der Waals surface area contributed by atoms with Crippen LogP contribution in [0.2, 0.25) is 0 Å². The fourth-order valence-electron chi connectivity index (χ4n) is 2.04. The molecule has 1 amide bonds. The van der Waals surface area contributed by atoms with Crippen molar-refractivity contribution < 1.29 is 29.1 Å². The van der Waals surface area contributed by atoms with Gasteiger partial charge >= 0.3 is 5.97 Å². The Hall–Kier alpha value is -3.10. The summed E-state index contributed by atoms with van der Waals surface area (Å²) < 4.78 is 10.3. The molecule has 1 aromatic rings. The number of carbonyl (C=O) groups is 2. The Kier molecular flexibility index (Phi) is 7.39. The highest BCUT2D eigenvalue weighted by atomic mass is 16.6. The number of nitro benzene ring substituents is 1. The van der Waals surface area contributed by atoms with Crippen molar-refractivity contribution in [2.24, 2.45) is 0 Å². The minimum atomic E-state index is -1.24. The minimum Gasteiger partial charge on any atom is -0.493 e. The lowest BCUT2D eigenvalue weighted by molar-refractivity contribution is -0.385. The number of hydrogen-bond acceptors (Lipinski definition) is 6. The highest BCUT2D eigenvalue weighted by molar-refractivity contribution is 6.00. The smallest absolute Gasteiger partial charge is 0.326 e. The van der Waals surface area contributed by atoms with Crippen molar-refractivity contribution in [3.05, 3.63) is 40.0 Å². The van der Waals surface area contributed by atoms with Crippen LogP contribution in [0.5, 0.6) is 11.5 Å². The van der Waals surface area contributed by atoms with Gasteiger partial charge in [-0.25, -0.2) is 4.79 Å². The first kappa shape index (κ1) is 19.9. The van der Waals surface area contributed by atoms with Gasteiger partial charge in [0.15, 0.2) is 11.5 Å². The third kappa shape index (κ3) is 5.20. The average molecular weight is 352 g/mol. The van der Waals surface area contributed by atoms with Gasteiger partial charge in [-0.1, -0.05) is 12.2 Å². The van der Waals surface area contributed by atoms with Crippen LogP contribution in [-0.2, 0) is 4.79 Å². The van der Waals surface area contributed by atoms with E-state index in [2.05, 4.69) is 5.32 Å². The maximum Gasteiger partial charge on any atom is 0.326 e. The molecule has 136 valence electrons. The first-order valence-corrected chi connectivity index (χ1v) is 7.49. The fourth-order valence-corrected chi connectivity index (χ4v) is 2.04. The number of carbonyl (C=O) groups excluding carboxylic acids is 1. The number of nitrogens with zero attached hydrogens (tertiary/aromatic N) is 1. The van der Waals surface area contributed by atoms with Crippen molar-refractivity contribution in [3.8, 4) is 11.5 Å². The number of amides is 1. The maximum absolute atomic E-state index is 12.4. The first-order chi connectivity index (χ1) is 11.8. The number of allylic oxidation sites excluding steroid dienone is 1. The molecule has 9 heteroatoms. The fraction of sp³-hybridized carbons (Fsp3) is 0.375. The standard InChI is InChI=1S/C16H20N2O7/c1-4-6-7-11(16(20)21)17-15(19)10-8-13(24-3)14(25-5-2)9-12(10)18(22)23/h4,6,8-9,11H,5,7H2,1-3H3,(H,17,19)(H,20,21)/b6-4+. The Balaban J connectivity index is 3.26. The highest BCUT2D eigenvalue weighted by Gasteiger charge is 2.27. The highest BCUT2D eigenvalue weighted by Crippen LogP contribution is 2.34. The lowest BCUT2D eigenvalue weighted by Crippen LogP contribution is -2.40. The number of nitrogens with one attached hydrogen (secondary N) is 1. The van der Waals surface area contributed by atoms with Gasteiger partial charge in [-0.15, -0.1) is 0 Å². The summed E-state index contributed by atoms with van der Waals surface area (Å²) in [6.07, 6.45) is 3.27. The molecule has 0 saturated carbocycles. The van der Waals surface area contributed by atoms with Crippen molar-refractivity contribution in [3.63, 3.8) is 0 Å². The van der Waals surface area contributed by atoms with E-state index in [1.165, 1.54) is 7.11 Å². The van der Waals surface area contributed by atoms with E-state index in [-0.39, 0.29) is 30.1 Å². The van der Waals surface area contributed by atoms with E-state index < -0.39 is 28.5 Å². The van der Waals surface area contributed by atoms with E-state index in [0.29, 0.717) is 0 Å². The zero-order valence-corrected chi connectivity index (χ0v) is 14.1. The second-order valence-corrected chi connectivity index (χ2v) is 4.88. The molecule has 0 fully saturated rings. The van der Waals surface area contributed by atoms with Gasteiger partial charge in [0.25, 0.3) is 11.6 Å². The van der Waals surface area contributed by atoms with Crippen LogP contribution in [0.25, 0.3) is 0 Å². The second kappa shape index (κ2) is 9.26. The molecule has 0 aromatic heterocycles. The molecule has 0 saturated heterocycles. The molecule has 0 aliphatic carbocycles. The van der Waals surface area contributed by atoms with Crippen LogP contribution < -0.4 is 14.8 Å². The van der Waals surface area contributed by atoms with Crippen molar-refractivity contribution >= 4 is 17.6 Å². The summed E-state index contributed by atoms with van der Waals surface area (Å²) in [6, 6.07) is 1.03. The van der Waals surface area contributed by atoms with Crippen LogP contribution in [0, 0.1) is 10.1 Å². The quantitative estimate of drug-likeness (QED) is 0.396. The van der Waals surface area contributed by atoms with Gasteiger partial charge in [-0.05, 0) is 20.3 Å². The maximum atomic E-state index is 12.4. The minimum absolute atomic E-state index is 0.0551. The van der Waals surface area contributed by atoms with Gasteiger partial charge in [0.2, 0.25) is 0 Å². The molecule has 0 spiro atoms. The number of hydrogen-bond donors (Lipinski definition) is 2. The van der Waals surface area contributed by atoms with E-state index in [1.54, 1.807) is 26.0 Å². The van der Waals surface area contributed by atoms with E-state index >= 15 is 0 Å². The Bertz CT molecular complexity index is 685. The van der Waals surface area contributed by atoms with Crippen molar-refractivity contribution in [1.82, 2.24) is 5.32 Å². The van der Waals surface area contributed by atoms with Gasteiger partial charge in [0.1, 0.15) is 11.6 Å². The van der Waals surface area contributed by atoms with Gasteiger partial charge < -0.3 is 19.9 Å². The molecule has 0 bridgehead atoms. The molecule has 1 unspecified atom stereocenters. The van der Waals surface area contributed by atoms with Crippen LogP contribution >= 0.6 is 0 Å². The Morgan fingerprint density at radius 3 is 2.56 bits per heavy atom. The topological polar surface area (TPSA) is 128 Å². The van der Waals surface area contributed by atoms with Gasteiger partial charge in [0.05, 0.1) is 24.7 Å². The summed E-state index contributed by atoms with van der Waals surface area (Å²) in [7, 11) is 1.33. The Labute approximate surface area is 144 Å². The average Bonchev–Trinajstić information content (AvgIpc) is 2.57. The second-order valence-electron chi connectivity index (χ2n) is 4.88. The summed E-state index contributed by atoms with van der Waals surface area (Å²) in [5, 5.41) is 22.7. The van der Waals surface area contributed by atoms with Gasteiger partial charge in [0, 0.05) is 6.07 Å². The lowest BCUT2D eigenvalue weighted by Gasteiger charge is -2.15. The Morgan fingerprint density at radius 2 is 2.08 bits per heavy atom. The van der Waals surface area contributed by atoms with Gasteiger partial charge in [-0.2, -0.15) is 0 Å². The van der Waals surface area contributed by atoms with Crippen LogP contribution in [0.3, 0.4) is 0 Å². The number of carboxylic acids is 1. The normalized spacial score (nSPS) is 11.8. The van der Waals surface area contributed by atoms with Crippen molar-refractivity contribution in [1.29, 1.82) is 0 Å². The van der Waals surface area contributed by atoms with E-state index in [4.69, 9.17) is 14.6 Å². The zero-order chi connectivity index (χ0) is 19.0. The third-order valence-corrected chi connectivity index (χ3v) is 3.23. The molecule has 2 N–H and O–H groups in total. The predicted octanol–water partition coefficient (Wildman–Crippen LogP) is 2.15. The first-order valence-electron chi connectivity index (χ1n) is 7.49. The molecule has 25 heavy (non-hydrogen) atoms. The summed E-state index contributed by atoms with van der Waals surface area (Å²) in [5.74, 6) is -1.87. The molecule has 1 atom stereocenters. The largest absolute Gasteiger partial charge is 0.493 e. The molecule has 9 nitrogen and oxygen atoms in total. The molecule has 0 aliphatic rings. The van der Waals surface area contributed by atoms with Crippen LogP contribution in [0.4, 0.5) is 5.69 Å². The number of methoxy groups -OCH3 is 1. The molecule has 1 aromatic carbocycles. The predicted molar refractivity (Wildman–Crippen MR) is 89.1 cm³/mol. The summed E-state index contributed by atoms with van der Waals surface area (Å²) in [6.45, 7) is 3.66. The third-order valence-electron chi connectivity index (χ3n) is 3.23. The molecule has 0 heterocycles. The number of carboxylic acid groups (broad SMARTS) is 1. The lowest BCUT2D eigenvalue weighted by atomic mass is 10.1. The van der Waals surface area contributed by atoms with E-state index in [9.17, 15) is 19.7 Å². The van der Waals surface area contributed by atoms with Gasteiger partial charge in [-0.3, -0.25) is 14.9 Å². The van der Waals surface area contributed by atoms with E-state index in [1.807, 2.05) is 0 Å². The Morgan fingerprint density at radius 1 is 1.40 bits per heavy atom. The summed E-state index contributed by atoms with van der Waals surface area (Å²) >= 11 is 0. The van der Waals surface area contributed by atoms with Crippen LogP contribution in [0.1, 0.15) is 30.6 Å². The number of nitro groups is 1. The van der Waals surface area contributed by atoms with Crippen molar-refractivity contribution in [2.75, 3.05) is 13.7 Å². The van der Waals surface area contributed by atoms with Crippen LogP contribution in [-0.4, -0.2) is 41.7 Å². The SMILES string of the molecule is C/C=C/CC(NC(=O)c1cc(OC)c(OCC)cc1[N+](=O)[O-])C(=O)O. The number of rotatable bonds is 9. The summed E-state index contributed by atoms with van der Waals surface area (Å²) in [4.78, 5) is 34.2. The molecule has 0 aliphatic heterocycles. The number of ether oxygens (including phenoxy) is 2. The molecule has 1 rings (SSSR count). The van der Waals surface area contributed by atoms with Crippen molar-refractivity contribution in [2.45, 2.75) is 26.3 Å². The summed E-state index contributed by atoms with van der Waals surface area (Å²) in [5.41, 5.74) is -0.811. The molecule has 0 radical (unpaired) electrons. The zero-order valence-electron chi connectivity index (χ0n) is 14.1. The molecular weight excluding hydrogens is 332 g/mol. The molecular formula is C16H20N2O7. The van der Waals surface area contributed by atoms with Crippen LogP contribution in [0.15, 0.2) is 24.3 Å². The van der Waals surface area contributed by atoms with E-state index in [0.717, 1.165) is 12.1 Å². The number of aliphatic carboxylic acids is 1.